The first-order chi connectivity index (χ1) is 10.1. The maximum atomic E-state index is 10.9. The molecule has 12 nitrogen and oxygen atoms in total. The Kier molecular flexibility index (Phi) is 7.55. The van der Waals surface area contributed by atoms with E-state index in [0.29, 0.717) is 0 Å². The van der Waals surface area contributed by atoms with E-state index in [4.69, 9.17) is 10.2 Å². The van der Waals surface area contributed by atoms with Gasteiger partial charge in [-0.3, -0.25) is 20.2 Å². The van der Waals surface area contributed by atoms with E-state index in [2.05, 4.69) is 10.2 Å². The molecule has 0 aliphatic carbocycles. The number of hydrogen-bond donors (Lipinski definition) is 2. The molecule has 12 heteroatoms. The summed E-state index contributed by atoms with van der Waals surface area (Å²) in [6.45, 7) is 2.35. The summed E-state index contributed by atoms with van der Waals surface area (Å²) >= 11 is 0. The number of azo groups is 1. The lowest BCUT2D eigenvalue weighted by Gasteiger charge is -2.10. The van der Waals surface area contributed by atoms with Crippen LogP contribution in [-0.4, -0.2) is 56.2 Å². The van der Waals surface area contributed by atoms with Crippen molar-refractivity contribution in [2.24, 2.45) is 10.2 Å². The summed E-state index contributed by atoms with van der Waals surface area (Å²) in [5.74, 6) is -2.99. The zero-order chi connectivity index (χ0) is 17.4. The van der Waals surface area contributed by atoms with Crippen molar-refractivity contribution < 1.29 is 29.6 Å². The Labute approximate surface area is 124 Å². The van der Waals surface area contributed by atoms with E-state index in [9.17, 15) is 29.8 Å². The van der Waals surface area contributed by atoms with E-state index in [-0.39, 0.29) is 0 Å². The fraction of sp³-hybridized carbons (Fsp3) is 0.800. The zero-order valence-corrected chi connectivity index (χ0v) is 11.9. The number of rotatable bonds is 10. The first-order valence-corrected chi connectivity index (χ1v) is 6.18. The maximum absolute atomic E-state index is 10.9. The number of hydrogen-bond acceptors (Lipinski definition) is 8. The Morgan fingerprint density at radius 1 is 0.909 bits per heavy atom. The highest BCUT2D eigenvalue weighted by atomic mass is 16.6. The van der Waals surface area contributed by atoms with Crippen LogP contribution in [0.25, 0.3) is 0 Å². The number of carbonyl (C=O) groups is 2. The summed E-state index contributed by atoms with van der Waals surface area (Å²) in [7, 11) is 0. The topological polar surface area (TPSA) is 186 Å². The molecule has 0 aromatic carbocycles. The van der Waals surface area contributed by atoms with Crippen LogP contribution in [0, 0.1) is 20.2 Å². The largest absolute Gasteiger partial charge is 0.480 e. The summed E-state index contributed by atoms with van der Waals surface area (Å²) < 4.78 is 0. The van der Waals surface area contributed by atoms with Crippen molar-refractivity contribution in [1.29, 1.82) is 0 Å². The van der Waals surface area contributed by atoms with Gasteiger partial charge in [-0.05, 0) is 0 Å². The second kappa shape index (κ2) is 8.59. The van der Waals surface area contributed by atoms with Crippen molar-refractivity contribution in [2.45, 2.75) is 50.9 Å². The zero-order valence-electron chi connectivity index (χ0n) is 11.9. The molecule has 0 aliphatic heterocycles. The Hall–Kier alpha value is -2.66. The molecule has 22 heavy (non-hydrogen) atoms. The van der Waals surface area contributed by atoms with E-state index < -0.39 is 58.8 Å². The van der Waals surface area contributed by atoms with E-state index in [0.717, 1.165) is 0 Å². The summed E-state index contributed by atoms with van der Waals surface area (Å²) in [5, 5.41) is 45.4. The summed E-state index contributed by atoms with van der Waals surface area (Å²) in [6.07, 6.45) is -0.939. The lowest BCUT2D eigenvalue weighted by atomic mass is 10.1. The first kappa shape index (κ1) is 19.3. The van der Waals surface area contributed by atoms with Gasteiger partial charge in [0.1, 0.15) is 0 Å². The van der Waals surface area contributed by atoms with E-state index in [1.807, 2.05) is 0 Å². The van der Waals surface area contributed by atoms with Crippen molar-refractivity contribution in [2.75, 3.05) is 0 Å². The SMILES string of the molecule is CC(CC(N=NC(CC(C)[N+](=O)[O-])C(=O)O)C(=O)O)[N+](=O)[O-]. The van der Waals surface area contributed by atoms with Gasteiger partial charge in [-0.1, -0.05) is 0 Å². The van der Waals surface area contributed by atoms with Crippen molar-refractivity contribution >= 4 is 11.9 Å². The van der Waals surface area contributed by atoms with Crippen LogP contribution >= 0.6 is 0 Å². The van der Waals surface area contributed by atoms with E-state index in [1.165, 1.54) is 13.8 Å². The van der Waals surface area contributed by atoms with Gasteiger partial charge in [0.25, 0.3) is 0 Å². The summed E-state index contributed by atoms with van der Waals surface area (Å²) in [6, 6.07) is -5.59. The molecule has 0 fully saturated rings. The molecule has 4 atom stereocenters. The van der Waals surface area contributed by atoms with Gasteiger partial charge < -0.3 is 10.2 Å². The monoisotopic (exact) mass is 320 g/mol. The van der Waals surface area contributed by atoms with Crippen LogP contribution in [0.2, 0.25) is 0 Å². The average molecular weight is 320 g/mol. The van der Waals surface area contributed by atoms with E-state index in [1.54, 1.807) is 0 Å². The molecule has 0 saturated heterocycles. The molecule has 0 bridgehead atoms. The van der Waals surface area contributed by atoms with Crippen LogP contribution in [0.3, 0.4) is 0 Å². The fourth-order valence-corrected chi connectivity index (χ4v) is 1.37. The Morgan fingerprint density at radius 2 is 1.18 bits per heavy atom. The molecule has 0 heterocycles. The van der Waals surface area contributed by atoms with Crippen molar-refractivity contribution in [3.63, 3.8) is 0 Å². The second-order valence-corrected chi connectivity index (χ2v) is 4.68. The molecule has 4 unspecified atom stereocenters. The van der Waals surface area contributed by atoms with Gasteiger partial charge in [-0.2, -0.15) is 10.2 Å². The highest BCUT2D eigenvalue weighted by molar-refractivity contribution is 5.74. The first-order valence-electron chi connectivity index (χ1n) is 6.18. The molecule has 0 aliphatic rings. The average Bonchev–Trinajstić information content (AvgIpc) is 2.40. The summed E-state index contributed by atoms with van der Waals surface area (Å²) in [4.78, 5) is 41.5. The highest BCUT2D eigenvalue weighted by Gasteiger charge is 2.29. The molecule has 0 amide bonds. The van der Waals surface area contributed by atoms with Gasteiger partial charge in [-0.25, -0.2) is 9.59 Å². The minimum atomic E-state index is -1.59. The van der Waals surface area contributed by atoms with Gasteiger partial charge in [-0.15, -0.1) is 0 Å². The fourth-order valence-electron chi connectivity index (χ4n) is 1.37. The molecular weight excluding hydrogens is 304 g/mol. The Morgan fingerprint density at radius 3 is 1.36 bits per heavy atom. The third kappa shape index (κ3) is 6.67. The Balaban J connectivity index is 5.01. The van der Waals surface area contributed by atoms with Crippen LogP contribution in [0.4, 0.5) is 0 Å². The minimum Gasteiger partial charge on any atom is -0.480 e. The highest BCUT2D eigenvalue weighted by Crippen LogP contribution is 2.11. The molecule has 0 radical (unpaired) electrons. The molecule has 124 valence electrons. The van der Waals surface area contributed by atoms with Crippen LogP contribution in [0.15, 0.2) is 10.2 Å². The molecule has 0 saturated carbocycles. The maximum Gasteiger partial charge on any atom is 0.330 e. The van der Waals surface area contributed by atoms with Gasteiger partial charge >= 0.3 is 11.9 Å². The third-order valence-corrected chi connectivity index (χ3v) is 2.76. The number of nitrogens with zero attached hydrogens (tertiary/aromatic N) is 4. The minimum absolute atomic E-state index is 0.469. The molecule has 2 N–H and O–H groups in total. The smallest absolute Gasteiger partial charge is 0.330 e. The standard InChI is InChI=1S/C10H16N4O8/c1-5(13(19)20)3-7(9(15)16)11-12-8(10(17)18)4-6(2)14(21)22/h5-8H,3-4H2,1-2H3,(H,15,16)(H,17,18). The van der Waals surface area contributed by atoms with Gasteiger partial charge in [0, 0.05) is 36.5 Å². The van der Waals surface area contributed by atoms with Gasteiger partial charge in [0.15, 0.2) is 12.1 Å². The Bertz CT molecular complexity index is 438. The molecular formula is C10H16N4O8. The quantitative estimate of drug-likeness (QED) is 0.330. The number of aliphatic carboxylic acids is 2. The third-order valence-electron chi connectivity index (χ3n) is 2.76. The van der Waals surface area contributed by atoms with Crippen LogP contribution in [0.1, 0.15) is 26.7 Å². The molecule has 0 aromatic rings. The van der Waals surface area contributed by atoms with E-state index >= 15 is 0 Å². The normalized spacial score (nSPS) is 16.6. The van der Waals surface area contributed by atoms with Crippen LogP contribution in [0.5, 0.6) is 0 Å². The summed E-state index contributed by atoms with van der Waals surface area (Å²) in [5.41, 5.74) is 0. The predicted molar refractivity (Wildman–Crippen MR) is 69.9 cm³/mol. The van der Waals surface area contributed by atoms with Crippen molar-refractivity contribution in [3.05, 3.63) is 20.2 Å². The predicted octanol–water partition coefficient (Wildman–Crippen LogP) is 0.456. The lowest BCUT2D eigenvalue weighted by Crippen LogP contribution is -2.29. The lowest BCUT2D eigenvalue weighted by molar-refractivity contribution is -0.519. The van der Waals surface area contributed by atoms with Crippen LogP contribution < -0.4 is 0 Å². The van der Waals surface area contributed by atoms with Crippen LogP contribution in [-0.2, 0) is 9.59 Å². The van der Waals surface area contributed by atoms with Gasteiger partial charge in [0.2, 0.25) is 12.1 Å². The van der Waals surface area contributed by atoms with Crippen molar-refractivity contribution in [3.8, 4) is 0 Å². The molecule has 0 rings (SSSR count). The molecule has 0 spiro atoms. The van der Waals surface area contributed by atoms with Crippen molar-refractivity contribution in [1.82, 2.24) is 0 Å². The second-order valence-electron chi connectivity index (χ2n) is 4.68. The number of carboxylic acid groups (broad SMARTS) is 2. The number of nitro groups is 2. The van der Waals surface area contributed by atoms with Gasteiger partial charge in [0.05, 0.1) is 0 Å². The molecule has 0 aromatic heterocycles. The number of carboxylic acids is 2.